The van der Waals surface area contributed by atoms with Crippen LogP contribution < -0.4 is 0 Å². The standard InChI is InChI=1S/C51H30N4O2/c1-3-14-31(15-4-1)46-34(28-29-45-47(46)39-20-9-12-25-44(39)56-45)33-26-27-36-35-18-7-10-23-41(35)55(42(36)30-33)51-53-49(32-16-5-2-6-17-32)52-50(54-51)40-22-13-21-38-37-19-8-11-24-43(37)57-48(38)40/h1-30H. The van der Waals surface area contributed by atoms with E-state index in [1.807, 2.05) is 72.8 Å². The topological polar surface area (TPSA) is 69.9 Å². The van der Waals surface area contributed by atoms with Crippen LogP contribution in [0.25, 0.3) is 117 Å². The van der Waals surface area contributed by atoms with Gasteiger partial charge in [-0.05, 0) is 53.1 Å². The minimum absolute atomic E-state index is 0.523. The molecule has 0 fully saturated rings. The lowest BCUT2D eigenvalue weighted by Crippen LogP contribution is -2.06. The minimum atomic E-state index is 0.523. The van der Waals surface area contributed by atoms with Gasteiger partial charge >= 0.3 is 0 Å². The van der Waals surface area contributed by atoms with E-state index in [0.29, 0.717) is 17.6 Å². The lowest BCUT2D eigenvalue weighted by molar-refractivity contribution is 0.669. The second kappa shape index (κ2) is 12.3. The third kappa shape index (κ3) is 4.87. The number of hydrogen-bond donors (Lipinski definition) is 0. The average Bonchev–Trinajstić information content (AvgIpc) is 3.96. The Morgan fingerprint density at radius 1 is 0.368 bits per heavy atom. The Hall–Kier alpha value is -7.83. The van der Waals surface area contributed by atoms with Gasteiger partial charge in [-0.1, -0.05) is 146 Å². The summed E-state index contributed by atoms with van der Waals surface area (Å²) in [4.78, 5) is 15.6. The molecule has 0 saturated carbocycles. The van der Waals surface area contributed by atoms with Gasteiger partial charge in [-0.15, -0.1) is 0 Å². The van der Waals surface area contributed by atoms with Gasteiger partial charge in [0.25, 0.3) is 0 Å². The SMILES string of the molecule is c1ccc(-c2nc(-c3cccc4c3oc3ccccc34)nc(-n3c4ccccc4c4ccc(-c5ccc6oc7ccccc7c6c5-c5ccccc5)cc43)n2)cc1. The average molecular weight is 731 g/mol. The van der Waals surface area contributed by atoms with Gasteiger partial charge in [0.1, 0.15) is 22.3 Å². The van der Waals surface area contributed by atoms with Crippen LogP contribution >= 0.6 is 0 Å². The molecule has 12 aromatic rings. The molecule has 12 rings (SSSR count). The second-order valence-electron chi connectivity index (χ2n) is 14.3. The smallest absolute Gasteiger partial charge is 0.238 e. The van der Waals surface area contributed by atoms with Crippen molar-refractivity contribution in [1.29, 1.82) is 0 Å². The first-order chi connectivity index (χ1) is 28.3. The fraction of sp³-hybridized carbons (Fsp3) is 0. The van der Waals surface area contributed by atoms with E-state index in [0.717, 1.165) is 99.1 Å². The zero-order valence-electron chi connectivity index (χ0n) is 30.4. The molecule has 6 heteroatoms. The third-order valence-electron chi connectivity index (χ3n) is 11.1. The van der Waals surface area contributed by atoms with E-state index in [-0.39, 0.29) is 0 Å². The number of hydrogen-bond acceptors (Lipinski definition) is 5. The molecular formula is C51H30N4O2. The summed E-state index contributed by atoms with van der Waals surface area (Å²) < 4.78 is 15.1. The molecule has 8 aromatic carbocycles. The van der Waals surface area contributed by atoms with E-state index in [1.54, 1.807) is 0 Å². The second-order valence-corrected chi connectivity index (χ2v) is 14.3. The van der Waals surface area contributed by atoms with Crippen molar-refractivity contribution in [2.45, 2.75) is 0 Å². The number of rotatable bonds is 5. The maximum Gasteiger partial charge on any atom is 0.238 e. The van der Waals surface area contributed by atoms with Crippen LogP contribution in [0.5, 0.6) is 0 Å². The van der Waals surface area contributed by atoms with Crippen LogP contribution in [0.1, 0.15) is 0 Å². The number of nitrogens with zero attached hydrogens (tertiary/aromatic N) is 4. The van der Waals surface area contributed by atoms with Crippen molar-refractivity contribution in [3.8, 4) is 51.0 Å². The van der Waals surface area contributed by atoms with Crippen molar-refractivity contribution in [2.24, 2.45) is 0 Å². The summed E-state index contributed by atoms with van der Waals surface area (Å²) in [5.74, 6) is 1.64. The highest BCUT2D eigenvalue weighted by Gasteiger charge is 2.22. The predicted octanol–water partition coefficient (Wildman–Crippen LogP) is 13.4. The molecule has 57 heavy (non-hydrogen) atoms. The van der Waals surface area contributed by atoms with E-state index < -0.39 is 0 Å². The molecule has 0 unspecified atom stereocenters. The van der Waals surface area contributed by atoms with Crippen LogP contribution in [0.3, 0.4) is 0 Å². The Bertz CT molecular complexity index is 3530. The molecule has 4 heterocycles. The molecule has 0 atom stereocenters. The number of para-hydroxylation sites is 4. The van der Waals surface area contributed by atoms with Crippen LogP contribution in [0.15, 0.2) is 191 Å². The fourth-order valence-corrected chi connectivity index (χ4v) is 8.54. The van der Waals surface area contributed by atoms with Crippen molar-refractivity contribution in [3.63, 3.8) is 0 Å². The Morgan fingerprint density at radius 3 is 1.84 bits per heavy atom. The summed E-state index contributed by atoms with van der Waals surface area (Å²) in [6.07, 6.45) is 0. The van der Waals surface area contributed by atoms with E-state index in [1.165, 1.54) is 0 Å². The molecule has 6 nitrogen and oxygen atoms in total. The first kappa shape index (κ1) is 31.5. The maximum absolute atomic E-state index is 6.50. The van der Waals surface area contributed by atoms with Gasteiger partial charge in [-0.2, -0.15) is 9.97 Å². The van der Waals surface area contributed by atoms with Gasteiger partial charge < -0.3 is 8.83 Å². The maximum atomic E-state index is 6.50. The molecule has 0 spiro atoms. The van der Waals surface area contributed by atoms with Crippen molar-refractivity contribution in [3.05, 3.63) is 182 Å². The number of furan rings is 2. The molecule has 0 aliphatic rings. The van der Waals surface area contributed by atoms with Gasteiger partial charge in [-0.3, -0.25) is 4.57 Å². The summed E-state index contributed by atoms with van der Waals surface area (Å²) in [6.45, 7) is 0. The first-order valence-electron chi connectivity index (χ1n) is 19.0. The Balaban J connectivity index is 1.14. The third-order valence-corrected chi connectivity index (χ3v) is 11.1. The van der Waals surface area contributed by atoms with Gasteiger partial charge in [0.2, 0.25) is 5.95 Å². The quantitative estimate of drug-likeness (QED) is 0.176. The monoisotopic (exact) mass is 730 g/mol. The molecule has 0 radical (unpaired) electrons. The zero-order chi connectivity index (χ0) is 37.5. The lowest BCUT2D eigenvalue weighted by Gasteiger charge is -2.14. The number of aromatic nitrogens is 4. The summed E-state index contributed by atoms with van der Waals surface area (Å²) in [5, 5.41) is 6.48. The zero-order valence-corrected chi connectivity index (χ0v) is 30.4. The molecule has 0 bridgehead atoms. The molecule has 4 aromatic heterocycles. The minimum Gasteiger partial charge on any atom is -0.456 e. The molecule has 266 valence electrons. The highest BCUT2D eigenvalue weighted by atomic mass is 16.3. The van der Waals surface area contributed by atoms with Crippen LogP contribution in [-0.4, -0.2) is 19.5 Å². The first-order valence-corrected chi connectivity index (χ1v) is 19.0. The number of fused-ring (bicyclic) bond motifs is 9. The van der Waals surface area contributed by atoms with Gasteiger partial charge in [0, 0.05) is 43.4 Å². The normalized spacial score (nSPS) is 11.9. The molecule has 0 amide bonds. The summed E-state index contributed by atoms with van der Waals surface area (Å²) >= 11 is 0. The Labute approximate surface area is 325 Å². The molecule has 0 N–H and O–H groups in total. The predicted molar refractivity (Wildman–Crippen MR) is 230 cm³/mol. The molecule has 0 aliphatic carbocycles. The summed E-state index contributed by atoms with van der Waals surface area (Å²) in [5.41, 5.74) is 11.4. The van der Waals surface area contributed by atoms with Crippen LogP contribution in [0.4, 0.5) is 0 Å². The van der Waals surface area contributed by atoms with E-state index in [2.05, 4.69) is 114 Å². The Kier molecular flexibility index (Phi) is 6.83. The molecule has 0 aliphatic heterocycles. The highest BCUT2D eigenvalue weighted by Crippen LogP contribution is 2.44. The van der Waals surface area contributed by atoms with Crippen LogP contribution in [-0.2, 0) is 0 Å². The molecular weight excluding hydrogens is 701 g/mol. The highest BCUT2D eigenvalue weighted by molar-refractivity contribution is 6.17. The van der Waals surface area contributed by atoms with E-state index in [4.69, 9.17) is 23.8 Å². The van der Waals surface area contributed by atoms with Crippen molar-refractivity contribution >= 4 is 65.7 Å². The van der Waals surface area contributed by atoms with Gasteiger partial charge in [-0.25, -0.2) is 4.98 Å². The Morgan fingerprint density at radius 2 is 1.02 bits per heavy atom. The number of benzene rings is 8. The van der Waals surface area contributed by atoms with E-state index in [9.17, 15) is 0 Å². The summed E-state index contributed by atoms with van der Waals surface area (Å²) in [7, 11) is 0. The van der Waals surface area contributed by atoms with E-state index >= 15 is 0 Å². The largest absolute Gasteiger partial charge is 0.456 e. The molecule has 0 saturated heterocycles. The summed E-state index contributed by atoms with van der Waals surface area (Å²) in [6, 6.07) is 62.7. The van der Waals surface area contributed by atoms with Crippen molar-refractivity contribution in [1.82, 2.24) is 19.5 Å². The van der Waals surface area contributed by atoms with Crippen molar-refractivity contribution < 1.29 is 8.83 Å². The van der Waals surface area contributed by atoms with Crippen LogP contribution in [0, 0.1) is 0 Å². The van der Waals surface area contributed by atoms with Crippen LogP contribution in [0.2, 0.25) is 0 Å². The lowest BCUT2D eigenvalue weighted by atomic mass is 9.90. The van der Waals surface area contributed by atoms with Gasteiger partial charge in [0.15, 0.2) is 11.6 Å². The van der Waals surface area contributed by atoms with Crippen molar-refractivity contribution in [2.75, 3.05) is 0 Å². The fourth-order valence-electron chi connectivity index (χ4n) is 8.54. The van der Waals surface area contributed by atoms with Gasteiger partial charge in [0.05, 0.1) is 16.6 Å².